The molecule has 0 spiro atoms. The van der Waals surface area contributed by atoms with Gasteiger partial charge in [0.2, 0.25) is 0 Å². The molecule has 2 aliphatic rings. The van der Waals surface area contributed by atoms with Gasteiger partial charge in [-0.15, -0.1) is 0 Å². The molecule has 3 atom stereocenters. The van der Waals surface area contributed by atoms with Crippen molar-refractivity contribution >= 4 is 29.2 Å². The van der Waals surface area contributed by atoms with Crippen molar-refractivity contribution in [2.45, 2.75) is 31.9 Å². The summed E-state index contributed by atoms with van der Waals surface area (Å²) in [5.74, 6) is 2.15. The maximum Gasteiger partial charge on any atom is 0.180 e. The first-order valence-corrected chi connectivity index (χ1v) is 13.9. The van der Waals surface area contributed by atoms with Crippen molar-refractivity contribution in [1.82, 2.24) is 0 Å². The molecule has 5 heteroatoms. The van der Waals surface area contributed by atoms with Crippen LogP contribution in [0.4, 0.5) is 11.4 Å². The number of aliphatic imine (C=N–C) groups is 1. The van der Waals surface area contributed by atoms with Gasteiger partial charge in [0.05, 0.1) is 23.4 Å². The second-order valence-corrected chi connectivity index (χ2v) is 10.4. The fourth-order valence-corrected chi connectivity index (χ4v) is 5.86. The molecular formula is C34H31ClN2O2. The van der Waals surface area contributed by atoms with Crippen LogP contribution in [0.25, 0.3) is 0 Å². The van der Waals surface area contributed by atoms with Gasteiger partial charge in [-0.3, -0.25) is 4.99 Å². The highest BCUT2D eigenvalue weighted by Crippen LogP contribution is 2.49. The zero-order valence-corrected chi connectivity index (χ0v) is 22.6. The highest BCUT2D eigenvalue weighted by atomic mass is 35.5. The van der Waals surface area contributed by atoms with E-state index in [1.165, 1.54) is 16.8 Å². The average molecular weight is 535 g/mol. The summed E-state index contributed by atoms with van der Waals surface area (Å²) in [6, 6.07) is 31.2. The molecule has 0 radical (unpaired) electrons. The van der Waals surface area contributed by atoms with Crippen molar-refractivity contribution in [3.63, 3.8) is 0 Å². The molecule has 0 bridgehead atoms. The zero-order valence-electron chi connectivity index (χ0n) is 21.9. The second-order valence-electron chi connectivity index (χ2n) is 9.95. The van der Waals surface area contributed by atoms with E-state index in [-0.39, 0.29) is 6.04 Å². The Bertz CT molecular complexity index is 1500. The summed E-state index contributed by atoms with van der Waals surface area (Å²) < 4.78 is 11.9. The summed E-state index contributed by atoms with van der Waals surface area (Å²) in [6.45, 7) is 2.87. The normalized spacial score (nSPS) is 19.4. The number of fused-ring (bicyclic) bond motifs is 3. The van der Waals surface area contributed by atoms with Crippen LogP contribution < -0.4 is 14.8 Å². The molecule has 4 aromatic rings. The van der Waals surface area contributed by atoms with Crippen LogP contribution in [0.1, 0.15) is 47.6 Å². The van der Waals surface area contributed by atoms with Gasteiger partial charge in [0.25, 0.3) is 0 Å². The molecule has 0 unspecified atom stereocenters. The molecule has 0 aromatic heterocycles. The van der Waals surface area contributed by atoms with E-state index in [9.17, 15) is 0 Å². The molecule has 39 heavy (non-hydrogen) atoms. The Hall–Kier alpha value is -4.02. The largest absolute Gasteiger partial charge is 0.490 e. The number of nitrogens with zero attached hydrogens (tertiary/aromatic N) is 1. The average Bonchev–Trinajstić information content (AvgIpc) is 3.47. The Labute approximate surface area is 235 Å². The van der Waals surface area contributed by atoms with E-state index in [1.54, 1.807) is 0 Å². The quantitative estimate of drug-likeness (QED) is 0.181. The summed E-state index contributed by atoms with van der Waals surface area (Å²) in [6.07, 6.45) is 7.60. The van der Waals surface area contributed by atoms with Gasteiger partial charge in [-0.25, -0.2) is 0 Å². The van der Waals surface area contributed by atoms with Crippen LogP contribution in [0, 0.1) is 5.92 Å². The molecule has 196 valence electrons. The van der Waals surface area contributed by atoms with Crippen molar-refractivity contribution in [3.8, 4) is 11.5 Å². The Morgan fingerprint density at radius 3 is 2.56 bits per heavy atom. The standard InChI is InChI=1S/C34H31ClN2O2/c1-2-38-32-20-24(19-30(35)34(32)39-22-23-9-4-3-5-10-23)21-36-26-17-15-25(16-18-26)33-29-13-8-12-27(29)28-11-6-7-14-31(28)37-33/h3-12,14-21,27,29,33,37H,2,13,22H2,1H3/t27-,29-,33+/m1/s1. The lowest BCUT2D eigenvalue weighted by Gasteiger charge is -2.37. The fourth-order valence-electron chi connectivity index (χ4n) is 5.59. The number of ether oxygens (including phenoxy) is 2. The van der Waals surface area contributed by atoms with E-state index in [2.05, 4.69) is 66.0 Å². The number of halogens is 1. The zero-order chi connectivity index (χ0) is 26.6. The minimum atomic E-state index is 0.272. The van der Waals surface area contributed by atoms with E-state index in [0.29, 0.717) is 41.6 Å². The number of hydrogen-bond acceptors (Lipinski definition) is 4. The first-order chi connectivity index (χ1) is 19.2. The highest BCUT2D eigenvalue weighted by molar-refractivity contribution is 6.32. The van der Waals surface area contributed by atoms with E-state index >= 15 is 0 Å². The van der Waals surface area contributed by atoms with Crippen LogP contribution in [0.2, 0.25) is 5.02 Å². The third-order valence-electron chi connectivity index (χ3n) is 7.44. The molecule has 1 heterocycles. The molecule has 0 amide bonds. The van der Waals surface area contributed by atoms with E-state index in [0.717, 1.165) is 23.2 Å². The van der Waals surface area contributed by atoms with Crippen molar-refractivity contribution in [2.75, 3.05) is 11.9 Å². The molecule has 0 saturated carbocycles. The SMILES string of the molecule is CCOc1cc(C=Nc2ccc([C@@H]3Nc4ccccc4[C@H]4C=CC[C@H]43)cc2)cc(Cl)c1OCc1ccccc1. The molecular weight excluding hydrogens is 504 g/mol. The van der Waals surface area contributed by atoms with Gasteiger partial charge in [0, 0.05) is 17.8 Å². The van der Waals surface area contributed by atoms with Crippen molar-refractivity contribution in [3.05, 3.63) is 130 Å². The molecule has 1 N–H and O–H groups in total. The highest BCUT2D eigenvalue weighted by Gasteiger charge is 2.37. The van der Waals surface area contributed by atoms with Gasteiger partial charge in [0.1, 0.15) is 6.61 Å². The summed E-state index contributed by atoms with van der Waals surface area (Å²) in [5.41, 5.74) is 6.71. The second kappa shape index (κ2) is 11.4. The summed E-state index contributed by atoms with van der Waals surface area (Å²) in [5, 5.41) is 4.29. The van der Waals surface area contributed by atoms with Gasteiger partial charge in [0.15, 0.2) is 11.5 Å². The molecule has 4 nitrogen and oxygen atoms in total. The Morgan fingerprint density at radius 1 is 0.949 bits per heavy atom. The Balaban J connectivity index is 1.18. The number of hydrogen-bond donors (Lipinski definition) is 1. The van der Waals surface area contributed by atoms with Crippen molar-refractivity contribution in [2.24, 2.45) is 10.9 Å². The van der Waals surface area contributed by atoms with Gasteiger partial charge in [-0.05, 0) is 71.8 Å². The maximum absolute atomic E-state index is 6.63. The van der Waals surface area contributed by atoms with Crippen LogP contribution in [-0.4, -0.2) is 12.8 Å². The molecule has 0 fully saturated rings. The maximum atomic E-state index is 6.63. The van der Waals surface area contributed by atoms with Gasteiger partial charge < -0.3 is 14.8 Å². The van der Waals surface area contributed by atoms with Gasteiger partial charge in [-0.2, -0.15) is 0 Å². The van der Waals surface area contributed by atoms with Gasteiger partial charge >= 0.3 is 0 Å². The lowest BCUT2D eigenvalue weighted by atomic mass is 9.77. The minimum Gasteiger partial charge on any atom is -0.490 e. The number of para-hydroxylation sites is 1. The molecule has 1 aliphatic heterocycles. The molecule has 1 aliphatic carbocycles. The number of anilines is 1. The van der Waals surface area contributed by atoms with Crippen LogP contribution in [0.5, 0.6) is 11.5 Å². The smallest absolute Gasteiger partial charge is 0.180 e. The monoisotopic (exact) mass is 534 g/mol. The summed E-state index contributed by atoms with van der Waals surface area (Å²) in [4.78, 5) is 4.72. The summed E-state index contributed by atoms with van der Waals surface area (Å²) in [7, 11) is 0. The molecule has 0 saturated heterocycles. The van der Waals surface area contributed by atoms with E-state index < -0.39 is 0 Å². The molecule has 4 aromatic carbocycles. The topological polar surface area (TPSA) is 42.8 Å². The number of allylic oxidation sites excluding steroid dienone is 2. The first-order valence-electron chi connectivity index (χ1n) is 13.5. The summed E-state index contributed by atoms with van der Waals surface area (Å²) >= 11 is 6.63. The van der Waals surface area contributed by atoms with E-state index in [1.807, 2.05) is 55.6 Å². The van der Waals surface area contributed by atoms with Crippen molar-refractivity contribution < 1.29 is 9.47 Å². The Morgan fingerprint density at radius 2 is 1.74 bits per heavy atom. The number of nitrogens with one attached hydrogen (secondary N) is 1. The first kappa shape index (κ1) is 25.3. The van der Waals surface area contributed by atoms with E-state index in [4.69, 9.17) is 26.1 Å². The van der Waals surface area contributed by atoms with Crippen LogP contribution in [-0.2, 0) is 6.61 Å². The van der Waals surface area contributed by atoms with Crippen molar-refractivity contribution in [1.29, 1.82) is 0 Å². The fraction of sp³-hybridized carbons (Fsp3) is 0.206. The number of rotatable bonds is 8. The number of benzene rings is 4. The predicted molar refractivity (Wildman–Crippen MR) is 160 cm³/mol. The predicted octanol–water partition coefficient (Wildman–Crippen LogP) is 8.89. The third-order valence-corrected chi connectivity index (χ3v) is 7.73. The lowest BCUT2D eigenvalue weighted by molar-refractivity contribution is 0.269. The van der Waals surface area contributed by atoms with Crippen LogP contribution >= 0.6 is 11.6 Å². The Kier molecular flexibility index (Phi) is 7.38. The minimum absolute atomic E-state index is 0.272. The van der Waals surface area contributed by atoms with Gasteiger partial charge in [-0.1, -0.05) is 84.4 Å². The van der Waals surface area contributed by atoms with Crippen LogP contribution in [0.15, 0.2) is 108 Å². The molecule has 6 rings (SSSR count). The third kappa shape index (κ3) is 5.43. The van der Waals surface area contributed by atoms with Crippen LogP contribution in [0.3, 0.4) is 0 Å². The lowest BCUT2D eigenvalue weighted by Crippen LogP contribution is -2.28.